The number of fused-ring (bicyclic) bond motifs is 3. The molecule has 0 saturated carbocycles. The number of rotatable bonds is 7. The summed E-state index contributed by atoms with van der Waals surface area (Å²) < 4.78 is 0. The zero-order valence-corrected chi connectivity index (χ0v) is 30.7. The summed E-state index contributed by atoms with van der Waals surface area (Å²) >= 11 is 0. The minimum atomic E-state index is 0.704. The number of aromatic nitrogens is 2. The Kier molecular flexibility index (Phi) is 8.55. The SMILES string of the molecule is c1ccc(-c2cccc(-c3ccc(-c4nc(-c5ccc(-c6cccc(-c7ccccc7)c6)cc5)c5c(ccc6ccc(-c7ccccc7)cc65)n4)cc3)c2)cc1. The third kappa shape index (κ3) is 6.44. The summed E-state index contributed by atoms with van der Waals surface area (Å²) in [6, 6.07) is 77.6. The molecule has 0 spiro atoms. The molecule has 1 heterocycles. The molecule has 9 aromatic carbocycles. The monoisotopic (exact) mass is 712 g/mol. The number of hydrogen-bond acceptors (Lipinski definition) is 2. The number of hydrogen-bond donors (Lipinski definition) is 0. The van der Waals surface area contributed by atoms with Crippen LogP contribution in [0.25, 0.3) is 100.0 Å². The Hall–Kier alpha value is -7.42. The van der Waals surface area contributed by atoms with E-state index in [1.54, 1.807) is 0 Å². The summed E-state index contributed by atoms with van der Waals surface area (Å²) in [6.45, 7) is 0. The van der Waals surface area contributed by atoms with Crippen LogP contribution >= 0.6 is 0 Å². The lowest BCUT2D eigenvalue weighted by atomic mass is 9.94. The fourth-order valence-corrected chi connectivity index (χ4v) is 7.75. The summed E-state index contributed by atoms with van der Waals surface area (Å²) in [5.74, 6) is 0.704. The highest BCUT2D eigenvalue weighted by Crippen LogP contribution is 2.38. The third-order valence-electron chi connectivity index (χ3n) is 10.7. The third-order valence-corrected chi connectivity index (χ3v) is 10.7. The van der Waals surface area contributed by atoms with Crippen LogP contribution in [0, 0.1) is 0 Å². The lowest BCUT2D eigenvalue weighted by molar-refractivity contribution is 1.23. The second-order valence-electron chi connectivity index (χ2n) is 14.2. The van der Waals surface area contributed by atoms with Crippen molar-refractivity contribution < 1.29 is 0 Å². The Morgan fingerprint density at radius 3 is 1.12 bits per heavy atom. The number of benzene rings is 9. The van der Waals surface area contributed by atoms with Gasteiger partial charge in [-0.2, -0.15) is 0 Å². The van der Waals surface area contributed by atoms with Crippen LogP contribution < -0.4 is 0 Å². The van der Waals surface area contributed by atoms with E-state index < -0.39 is 0 Å². The molecule has 2 nitrogen and oxygen atoms in total. The first-order valence-electron chi connectivity index (χ1n) is 19.1. The normalized spacial score (nSPS) is 11.2. The van der Waals surface area contributed by atoms with Gasteiger partial charge in [0, 0.05) is 16.5 Å². The predicted octanol–water partition coefficient (Wildman–Crippen LogP) is 14.5. The summed E-state index contributed by atoms with van der Waals surface area (Å²) in [5.41, 5.74) is 15.7. The van der Waals surface area contributed by atoms with Gasteiger partial charge >= 0.3 is 0 Å². The van der Waals surface area contributed by atoms with Crippen LogP contribution in [0.2, 0.25) is 0 Å². The lowest BCUT2D eigenvalue weighted by Crippen LogP contribution is -1.96. The average molecular weight is 713 g/mol. The average Bonchev–Trinajstić information content (AvgIpc) is 3.29. The molecule has 262 valence electrons. The quantitative estimate of drug-likeness (QED) is 0.154. The molecule has 0 aliphatic rings. The van der Waals surface area contributed by atoms with Gasteiger partial charge in [0.1, 0.15) is 0 Å². The molecule has 0 aliphatic carbocycles. The Morgan fingerprint density at radius 1 is 0.250 bits per heavy atom. The van der Waals surface area contributed by atoms with Gasteiger partial charge in [-0.3, -0.25) is 0 Å². The molecule has 10 rings (SSSR count). The molecule has 0 unspecified atom stereocenters. The van der Waals surface area contributed by atoms with Gasteiger partial charge in [-0.25, -0.2) is 9.97 Å². The fourth-order valence-electron chi connectivity index (χ4n) is 7.75. The van der Waals surface area contributed by atoms with Crippen LogP contribution in [0.15, 0.2) is 218 Å². The van der Waals surface area contributed by atoms with Gasteiger partial charge in [0.2, 0.25) is 0 Å². The van der Waals surface area contributed by atoms with Crippen molar-refractivity contribution in [1.29, 1.82) is 0 Å². The molecule has 0 amide bonds. The summed E-state index contributed by atoms with van der Waals surface area (Å²) in [4.78, 5) is 10.6. The van der Waals surface area contributed by atoms with E-state index in [2.05, 4.69) is 218 Å². The van der Waals surface area contributed by atoms with E-state index in [0.717, 1.165) is 49.6 Å². The Labute approximate surface area is 327 Å². The molecule has 0 radical (unpaired) electrons. The largest absolute Gasteiger partial charge is 0.228 e. The molecule has 0 aliphatic heterocycles. The van der Waals surface area contributed by atoms with Gasteiger partial charge in [0.15, 0.2) is 5.82 Å². The first-order chi connectivity index (χ1) is 27.7. The lowest BCUT2D eigenvalue weighted by Gasteiger charge is -2.14. The molecule has 56 heavy (non-hydrogen) atoms. The van der Waals surface area contributed by atoms with Crippen LogP contribution in [0.4, 0.5) is 0 Å². The molecule has 0 saturated heterocycles. The van der Waals surface area contributed by atoms with Gasteiger partial charge in [-0.05, 0) is 90.7 Å². The Balaban J connectivity index is 1.08. The fraction of sp³-hybridized carbons (Fsp3) is 0. The van der Waals surface area contributed by atoms with Crippen molar-refractivity contribution in [3.8, 4) is 78.3 Å². The minimum Gasteiger partial charge on any atom is -0.228 e. The Morgan fingerprint density at radius 2 is 0.625 bits per heavy atom. The molecular weight excluding hydrogens is 677 g/mol. The van der Waals surface area contributed by atoms with Crippen molar-refractivity contribution in [2.45, 2.75) is 0 Å². The summed E-state index contributed by atoms with van der Waals surface area (Å²) in [5, 5.41) is 3.35. The van der Waals surface area contributed by atoms with Gasteiger partial charge in [-0.1, -0.05) is 194 Å². The predicted molar refractivity (Wildman–Crippen MR) is 235 cm³/mol. The van der Waals surface area contributed by atoms with E-state index in [-0.39, 0.29) is 0 Å². The topological polar surface area (TPSA) is 25.8 Å². The maximum Gasteiger partial charge on any atom is 0.160 e. The van der Waals surface area contributed by atoms with Gasteiger partial charge in [-0.15, -0.1) is 0 Å². The highest BCUT2D eigenvalue weighted by molar-refractivity contribution is 6.13. The van der Waals surface area contributed by atoms with Crippen LogP contribution in [-0.4, -0.2) is 9.97 Å². The Bertz CT molecular complexity index is 2970. The molecule has 0 bridgehead atoms. The summed E-state index contributed by atoms with van der Waals surface area (Å²) in [6.07, 6.45) is 0. The van der Waals surface area contributed by atoms with Crippen molar-refractivity contribution in [3.63, 3.8) is 0 Å². The highest BCUT2D eigenvalue weighted by Gasteiger charge is 2.16. The van der Waals surface area contributed by atoms with Crippen molar-refractivity contribution in [1.82, 2.24) is 9.97 Å². The molecule has 1 aromatic heterocycles. The van der Waals surface area contributed by atoms with E-state index in [9.17, 15) is 0 Å². The van der Waals surface area contributed by atoms with Crippen molar-refractivity contribution in [3.05, 3.63) is 218 Å². The van der Waals surface area contributed by atoms with Crippen LogP contribution in [0.1, 0.15) is 0 Å². The maximum atomic E-state index is 5.40. The van der Waals surface area contributed by atoms with Gasteiger partial charge in [0.25, 0.3) is 0 Å². The van der Waals surface area contributed by atoms with Crippen LogP contribution in [0.5, 0.6) is 0 Å². The van der Waals surface area contributed by atoms with Crippen LogP contribution in [-0.2, 0) is 0 Å². The van der Waals surface area contributed by atoms with E-state index in [0.29, 0.717) is 5.82 Å². The molecule has 0 fully saturated rings. The first kappa shape index (κ1) is 33.2. The summed E-state index contributed by atoms with van der Waals surface area (Å²) in [7, 11) is 0. The van der Waals surface area contributed by atoms with Crippen molar-refractivity contribution in [2.24, 2.45) is 0 Å². The van der Waals surface area contributed by atoms with Crippen molar-refractivity contribution >= 4 is 21.7 Å². The van der Waals surface area contributed by atoms with Crippen molar-refractivity contribution in [2.75, 3.05) is 0 Å². The second-order valence-corrected chi connectivity index (χ2v) is 14.2. The van der Waals surface area contributed by atoms with Gasteiger partial charge < -0.3 is 0 Å². The zero-order valence-electron chi connectivity index (χ0n) is 30.7. The second kappa shape index (κ2) is 14.4. The molecule has 2 heteroatoms. The molecule has 0 N–H and O–H groups in total. The van der Waals surface area contributed by atoms with E-state index in [4.69, 9.17) is 9.97 Å². The standard InChI is InChI=1S/C54H36N2/c1-4-12-37(13-5-1)45-18-10-20-47(34-45)40-22-27-43(28-23-40)53-52-50-36-49(39-16-8-3-9-17-39)31-26-42(50)32-33-51(52)55-54(56-53)44-29-24-41(25-30-44)48-21-11-19-46(35-48)38-14-6-2-7-15-38/h1-36H. The maximum absolute atomic E-state index is 5.40. The van der Waals surface area contributed by atoms with E-state index in [1.807, 2.05) is 0 Å². The molecule has 0 atom stereocenters. The highest BCUT2D eigenvalue weighted by atomic mass is 14.9. The minimum absolute atomic E-state index is 0.704. The first-order valence-corrected chi connectivity index (χ1v) is 19.1. The zero-order chi connectivity index (χ0) is 37.3. The van der Waals surface area contributed by atoms with E-state index in [1.165, 1.54) is 44.5 Å². The van der Waals surface area contributed by atoms with E-state index >= 15 is 0 Å². The van der Waals surface area contributed by atoms with Gasteiger partial charge in [0.05, 0.1) is 11.2 Å². The molecular formula is C54H36N2. The molecule has 10 aromatic rings. The van der Waals surface area contributed by atoms with Crippen LogP contribution in [0.3, 0.4) is 0 Å². The smallest absolute Gasteiger partial charge is 0.160 e. The number of nitrogens with zero attached hydrogens (tertiary/aromatic N) is 2.